The Bertz CT molecular complexity index is 502. The number of benzene rings is 1. The molecule has 1 saturated heterocycles. The Morgan fingerprint density at radius 1 is 1.30 bits per heavy atom. The van der Waals surface area contributed by atoms with Gasteiger partial charge in [0, 0.05) is 31.7 Å². The van der Waals surface area contributed by atoms with Crippen LogP contribution < -0.4 is 16.0 Å². The summed E-state index contributed by atoms with van der Waals surface area (Å²) in [4.78, 5) is 23.4. The summed E-state index contributed by atoms with van der Waals surface area (Å²) in [6.45, 7) is 4.31. The number of carbonyl (C=O) groups is 2. The monoisotopic (exact) mass is 341 g/mol. The van der Waals surface area contributed by atoms with Crippen molar-refractivity contribution in [2.45, 2.75) is 32.4 Å². The first-order valence-corrected chi connectivity index (χ1v) is 7.68. The second kappa shape index (κ2) is 10.2. The smallest absolute Gasteiger partial charge is 0.250 e. The Balaban J connectivity index is 0.00000264. The zero-order valence-corrected chi connectivity index (χ0v) is 14.1. The van der Waals surface area contributed by atoms with Crippen LogP contribution in [0.5, 0.6) is 0 Å². The summed E-state index contributed by atoms with van der Waals surface area (Å²) in [6.07, 6.45) is 0.933. The third-order valence-corrected chi connectivity index (χ3v) is 3.40. The molecule has 1 fully saturated rings. The van der Waals surface area contributed by atoms with Gasteiger partial charge in [-0.05, 0) is 24.1 Å². The molecule has 2 amide bonds. The van der Waals surface area contributed by atoms with Gasteiger partial charge in [-0.2, -0.15) is 0 Å². The molecule has 23 heavy (non-hydrogen) atoms. The Morgan fingerprint density at radius 2 is 2.04 bits per heavy atom. The number of nitrogens with one attached hydrogen (secondary N) is 3. The minimum absolute atomic E-state index is 0. The number of carbonyl (C=O) groups excluding carboxylic acids is 2. The number of halogens is 1. The number of rotatable bonds is 6. The van der Waals surface area contributed by atoms with E-state index < -0.39 is 6.10 Å². The summed E-state index contributed by atoms with van der Waals surface area (Å²) < 4.78 is 5.39. The van der Waals surface area contributed by atoms with Crippen LogP contribution in [0.4, 0.5) is 5.69 Å². The van der Waals surface area contributed by atoms with Crippen molar-refractivity contribution in [3.8, 4) is 0 Å². The highest BCUT2D eigenvalue weighted by atomic mass is 35.5. The van der Waals surface area contributed by atoms with E-state index in [0.717, 1.165) is 24.2 Å². The van der Waals surface area contributed by atoms with Crippen molar-refractivity contribution in [3.63, 3.8) is 0 Å². The van der Waals surface area contributed by atoms with Crippen LogP contribution in [0.15, 0.2) is 24.3 Å². The summed E-state index contributed by atoms with van der Waals surface area (Å²) in [5.74, 6) is -0.0852. The minimum Gasteiger partial charge on any atom is -0.366 e. The fraction of sp³-hybridized carbons (Fsp3) is 0.500. The van der Waals surface area contributed by atoms with Gasteiger partial charge in [0.25, 0.3) is 5.91 Å². The normalized spacial score (nSPS) is 17.0. The van der Waals surface area contributed by atoms with Crippen LogP contribution in [-0.4, -0.2) is 37.6 Å². The van der Waals surface area contributed by atoms with Gasteiger partial charge >= 0.3 is 0 Å². The van der Waals surface area contributed by atoms with E-state index in [9.17, 15) is 9.59 Å². The van der Waals surface area contributed by atoms with Crippen molar-refractivity contribution in [1.82, 2.24) is 10.6 Å². The Labute approximate surface area is 142 Å². The quantitative estimate of drug-likeness (QED) is 0.731. The fourth-order valence-electron chi connectivity index (χ4n) is 2.19. The first-order valence-electron chi connectivity index (χ1n) is 7.68. The highest BCUT2D eigenvalue weighted by molar-refractivity contribution is 5.90. The summed E-state index contributed by atoms with van der Waals surface area (Å²) in [5, 5.41) is 8.81. The van der Waals surface area contributed by atoms with Gasteiger partial charge < -0.3 is 20.7 Å². The fourth-order valence-corrected chi connectivity index (χ4v) is 2.19. The molecule has 1 unspecified atom stereocenters. The Hall–Kier alpha value is -1.63. The molecule has 1 aromatic rings. The molecule has 0 aliphatic carbocycles. The molecule has 1 aliphatic heterocycles. The molecule has 1 atom stereocenters. The number of ether oxygens (including phenoxy) is 1. The summed E-state index contributed by atoms with van der Waals surface area (Å²) in [6, 6.07) is 7.46. The zero-order chi connectivity index (χ0) is 15.8. The molecule has 128 valence electrons. The van der Waals surface area contributed by atoms with Crippen LogP contribution in [0.2, 0.25) is 0 Å². The predicted molar refractivity (Wildman–Crippen MR) is 91.7 cm³/mol. The van der Waals surface area contributed by atoms with Crippen molar-refractivity contribution in [2.24, 2.45) is 0 Å². The Kier molecular flexibility index (Phi) is 8.61. The maximum Gasteiger partial charge on any atom is 0.250 e. The molecule has 6 nitrogen and oxygen atoms in total. The number of amides is 2. The molecule has 0 radical (unpaired) electrons. The van der Waals surface area contributed by atoms with Crippen LogP contribution in [0.3, 0.4) is 0 Å². The summed E-state index contributed by atoms with van der Waals surface area (Å²) in [5.41, 5.74) is 1.75. The minimum atomic E-state index is -0.415. The van der Waals surface area contributed by atoms with Crippen LogP contribution >= 0.6 is 12.4 Å². The van der Waals surface area contributed by atoms with Gasteiger partial charge in [0.2, 0.25) is 5.91 Å². The summed E-state index contributed by atoms with van der Waals surface area (Å²) >= 11 is 0. The van der Waals surface area contributed by atoms with Crippen LogP contribution in [0, 0.1) is 0 Å². The second-order valence-electron chi connectivity index (χ2n) is 5.28. The summed E-state index contributed by atoms with van der Waals surface area (Å²) in [7, 11) is 0. The molecular formula is C16H24ClN3O3. The lowest BCUT2D eigenvalue weighted by Crippen LogP contribution is -2.47. The van der Waals surface area contributed by atoms with Crippen molar-refractivity contribution in [2.75, 3.05) is 25.0 Å². The maximum atomic E-state index is 11.9. The van der Waals surface area contributed by atoms with Gasteiger partial charge in [-0.25, -0.2) is 0 Å². The van der Waals surface area contributed by atoms with E-state index in [1.807, 2.05) is 31.2 Å². The largest absolute Gasteiger partial charge is 0.366 e. The number of hydrogen-bond acceptors (Lipinski definition) is 4. The maximum absolute atomic E-state index is 11.9. The average molecular weight is 342 g/mol. The molecule has 3 N–H and O–H groups in total. The molecule has 0 saturated carbocycles. The molecule has 1 heterocycles. The molecule has 0 bridgehead atoms. The van der Waals surface area contributed by atoms with Gasteiger partial charge in [-0.15, -0.1) is 12.4 Å². The lowest BCUT2D eigenvalue weighted by atomic mass is 10.2. The van der Waals surface area contributed by atoms with Crippen molar-refractivity contribution in [1.29, 1.82) is 0 Å². The van der Waals surface area contributed by atoms with Gasteiger partial charge in [0.15, 0.2) is 0 Å². The number of hydrogen-bond donors (Lipinski definition) is 3. The molecule has 0 spiro atoms. The van der Waals surface area contributed by atoms with E-state index in [4.69, 9.17) is 4.74 Å². The second-order valence-corrected chi connectivity index (χ2v) is 5.28. The van der Waals surface area contributed by atoms with Gasteiger partial charge in [0.05, 0.1) is 6.61 Å². The van der Waals surface area contributed by atoms with Crippen molar-refractivity contribution in [3.05, 3.63) is 29.8 Å². The topological polar surface area (TPSA) is 79.5 Å². The highest BCUT2D eigenvalue weighted by Crippen LogP contribution is 2.10. The first-order chi connectivity index (χ1) is 10.7. The van der Waals surface area contributed by atoms with Crippen molar-refractivity contribution < 1.29 is 14.3 Å². The first kappa shape index (κ1) is 19.4. The molecular weight excluding hydrogens is 318 g/mol. The van der Waals surface area contributed by atoms with Gasteiger partial charge in [-0.3, -0.25) is 9.59 Å². The van der Waals surface area contributed by atoms with Crippen molar-refractivity contribution >= 4 is 29.9 Å². The third-order valence-electron chi connectivity index (χ3n) is 3.40. The SMILES string of the molecule is CCCC(=O)Nc1ccc(CNC(=O)C2CNCCO2)cc1.Cl. The van der Waals surface area contributed by atoms with Crippen LogP contribution in [-0.2, 0) is 20.9 Å². The molecule has 1 aromatic carbocycles. The van der Waals surface area contributed by atoms with E-state index in [-0.39, 0.29) is 24.2 Å². The van der Waals surface area contributed by atoms with Gasteiger partial charge in [0.1, 0.15) is 6.10 Å². The van der Waals surface area contributed by atoms with E-state index >= 15 is 0 Å². The zero-order valence-electron chi connectivity index (χ0n) is 13.3. The van der Waals surface area contributed by atoms with E-state index in [1.165, 1.54) is 0 Å². The standard InChI is InChI=1S/C16H23N3O3.ClH/c1-2-3-15(20)19-13-6-4-12(5-7-13)10-18-16(21)14-11-17-8-9-22-14;/h4-7,14,17H,2-3,8-11H2,1H3,(H,18,21)(H,19,20);1H. The lowest BCUT2D eigenvalue weighted by molar-refractivity contribution is -0.134. The molecule has 0 aromatic heterocycles. The average Bonchev–Trinajstić information content (AvgIpc) is 2.55. The number of anilines is 1. The van der Waals surface area contributed by atoms with E-state index in [2.05, 4.69) is 16.0 Å². The van der Waals surface area contributed by atoms with E-state index in [1.54, 1.807) is 0 Å². The van der Waals surface area contributed by atoms with Gasteiger partial charge in [-0.1, -0.05) is 19.1 Å². The van der Waals surface area contributed by atoms with Crippen LogP contribution in [0.1, 0.15) is 25.3 Å². The molecule has 7 heteroatoms. The number of morpholine rings is 1. The highest BCUT2D eigenvalue weighted by Gasteiger charge is 2.21. The third kappa shape index (κ3) is 6.56. The molecule has 2 rings (SSSR count). The Morgan fingerprint density at radius 3 is 2.65 bits per heavy atom. The van der Waals surface area contributed by atoms with E-state index in [0.29, 0.717) is 26.1 Å². The predicted octanol–water partition coefficient (Wildman–Crippen LogP) is 1.45. The molecule has 1 aliphatic rings. The lowest BCUT2D eigenvalue weighted by Gasteiger charge is -2.22. The van der Waals surface area contributed by atoms with Crippen LogP contribution in [0.25, 0.3) is 0 Å².